The van der Waals surface area contributed by atoms with Crippen molar-refractivity contribution in [3.05, 3.63) is 57.7 Å². The maximum Gasteiger partial charge on any atom is 0.255 e. The highest BCUT2D eigenvalue weighted by Crippen LogP contribution is 2.15. The zero-order valence-electron chi connectivity index (χ0n) is 11.6. The second-order valence-corrected chi connectivity index (χ2v) is 5.57. The molecule has 0 bridgehead atoms. The molecule has 0 fully saturated rings. The summed E-state index contributed by atoms with van der Waals surface area (Å²) in [6.07, 6.45) is 0. The Labute approximate surface area is 137 Å². The number of amides is 1. The molecule has 4 nitrogen and oxygen atoms in total. The number of ether oxygens (including phenoxy) is 2. The Morgan fingerprint density at radius 1 is 1.05 bits per heavy atom. The van der Waals surface area contributed by atoms with E-state index in [2.05, 4.69) is 27.9 Å². The summed E-state index contributed by atoms with van der Waals surface area (Å²) in [5.74, 6) is 0.581. The van der Waals surface area contributed by atoms with E-state index in [0.717, 1.165) is 15.0 Å². The summed E-state index contributed by atoms with van der Waals surface area (Å²) < 4.78 is 11.5. The molecule has 1 amide bonds. The van der Waals surface area contributed by atoms with Crippen LogP contribution in [0.2, 0.25) is 0 Å². The molecule has 1 N–H and O–H groups in total. The number of anilines is 1. The molecule has 2 aromatic rings. The molecule has 21 heavy (non-hydrogen) atoms. The van der Waals surface area contributed by atoms with Gasteiger partial charge in [-0.15, -0.1) is 0 Å². The van der Waals surface area contributed by atoms with Gasteiger partial charge in [-0.2, -0.15) is 0 Å². The Morgan fingerprint density at radius 2 is 1.71 bits per heavy atom. The molecule has 0 aromatic heterocycles. The summed E-state index contributed by atoms with van der Waals surface area (Å²) >= 11 is 2.22. The average molecular weight is 397 g/mol. The third-order valence-corrected chi connectivity index (χ3v) is 3.49. The Balaban J connectivity index is 1.94. The van der Waals surface area contributed by atoms with Crippen molar-refractivity contribution in [1.82, 2.24) is 0 Å². The Morgan fingerprint density at radius 3 is 2.33 bits per heavy atom. The number of rotatable bonds is 6. The minimum absolute atomic E-state index is 0.139. The molecule has 0 atom stereocenters. The average Bonchev–Trinajstić information content (AvgIpc) is 2.50. The van der Waals surface area contributed by atoms with Gasteiger partial charge >= 0.3 is 0 Å². The summed E-state index contributed by atoms with van der Waals surface area (Å²) in [5.41, 5.74) is 1.37. The van der Waals surface area contributed by atoms with Crippen LogP contribution in [-0.2, 0) is 4.74 Å². The van der Waals surface area contributed by atoms with Crippen molar-refractivity contribution in [2.75, 3.05) is 25.6 Å². The van der Waals surface area contributed by atoms with Crippen LogP contribution in [0.4, 0.5) is 5.69 Å². The normalized spacial score (nSPS) is 10.2. The number of nitrogens with one attached hydrogen (secondary N) is 1. The Hall–Kier alpha value is -1.60. The van der Waals surface area contributed by atoms with Crippen LogP contribution in [0.3, 0.4) is 0 Å². The van der Waals surface area contributed by atoms with Gasteiger partial charge in [0, 0.05) is 21.9 Å². The van der Waals surface area contributed by atoms with Crippen LogP contribution in [0.1, 0.15) is 10.4 Å². The van der Waals surface area contributed by atoms with Crippen LogP contribution in [0.25, 0.3) is 0 Å². The van der Waals surface area contributed by atoms with Gasteiger partial charge in [-0.25, -0.2) is 0 Å². The molecule has 110 valence electrons. The molecule has 0 heterocycles. The van der Waals surface area contributed by atoms with E-state index in [0.29, 0.717) is 18.8 Å². The predicted molar refractivity (Wildman–Crippen MR) is 90.9 cm³/mol. The lowest BCUT2D eigenvalue weighted by Gasteiger charge is -2.08. The van der Waals surface area contributed by atoms with Crippen LogP contribution in [0, 0.1) is 3.57 Å². The summed E-state index contributed by atoms with van der Waals surface area (Å²) in [7, 11) is 1.63. The van der Waals surface area contributed by atoms with Crippen molar-refractivity contribution >= 4 is 34.2 Å². The van der Waals surface area contributed by atoms with E-state index in [1.807, 2.05) is 24.3 Å². The fourth-order valence-electron chi connectivity index (χ4n) is 1.68. The molecule has 0 spiro atoms. The zero-order valence-corrected chi connectivity index (χ0v) is 13.8. The molecular formula is C16H16INO3. The summed E-state index contributed by atoms with van der Waals surface area (Å²) in [6, 6.07) is 14.7. The number of halogens is 1. The van der Waals surface area contributed by atoms with Crippen LogP contribution in [0.15, 0.2) is 48.5 Å². The molecule has 2 aromatic carbocycles. The van der Waals surface area contributed by atoms with E-state index < -0.39 is 0 Å². The lowest BCUT2D eigenvalue weighted by Crippen LogP contribution is -2.11. The van der Waals surface area contributed by atoms with Crippen molar-refractivity contribution < 1.29 is 14.3 Å². The third kappa shape index (κ3) is 5.02. The van der Waals surface area contributed by atoms with Gasteiger partial charge in [0.25, 0.3) is 5.91 Å². The summed E-state index contributed by atoms with van der Waals surface area (Å²) in [6.45, 7) is 1.03. The van der Waals surface area contributed by atoms with Crippen LogP contribution < -0.4 is 10.1 Å². The van der Waals surface area contributed by atoms with Crippen molar-refractivity contribution in [3.8, 4) is 5.75 Å². The minimum atomic E-state index is -0.139. The minimum Gasteiger partial charge on any atom is -0.491 e. The van der Waals surface area contributed by atoms with Crippen molar-refractivity contribution in [2.45, 2.75) is 0 Å². The smallest absolute Gasteiger partial charge is 0.255 e. The van der Waals surface area contributed by atoms with Gasteiger partial charge in [-0.1, -0.05) is 0 Å². The fraction of sp³-hybridized carbons (Fsp3) is 0.188. The number of benzene rings is 2. The van der Waals surface area contributed by atoms with Crippen molar-refractivity contribution in [1.29, 1.82) is 0 Å². The molecule has 0 saturated heterocycles. The Bertz CT molecular complexity index is 581. The molecule has 0 radical (unpaired) electrons. The number of methoxy groups -OCH3 is 1. The quantitative estimate of drug-likeness (QED) is 0.599. The van der Waals surface area contributed by atoms with Gasteiger partial charge in [-0.3, -0.25) is 4.79 Å². The lowest BCUT2D eigenvalue weighted by atomic mass is 10.2. The van der Waals surface area contributed by atoms with Gasteiger partial charge in [0.1, 0.15) is 12.4 Å². The molecule has 0 saturated carbocycles. The standard InChI is InChI=1S/C16H16INO3/c1-20-10-11-21-15-8-2-12(3-9-15)16(19)18-14-6-4-13(17)5-7-14/h2-9H,10-11H2,1H3,(H,18,19). The number of carbonyl (C=O) groups is 1. The first kappa shape index (κ1) is 15.8. The van der Waals surface area contributed by atoms with Gasteiger partial charge in [-0.05, 0) is 71.1 Å². The lowest BCUT2D eigenvalue weighted by molar-refractivity contribution is 0.102. The highest BCUT2D eigenvalue weighted by atomic mass is 127. The largest absolute Gasteiger partial charge is 0.491 e. The van der Waals surface area contributed by atoms with E-state index in [1.165, 1.54) is 0 Å². The van der Waals surface area contributed by atoms with E-state index in [1.54, 1.807) is 31.4 Å². The molecule has 0 aliphatic heterocycles. The first-order chi connectivity index (χ1) is 10.2. The second kappa shape index (κ2) is 7.99. The SMILES string of the molecule is COCCOc1ccc(C(=O)Nc2ccc(I)cc2)cc1. The summed E-state index contributed by atoms with van der Waals surface area (Å²) in [4.78, 5) is 12.1. The highest BCUT2D eigenvalue weighted by molar-refractivity contribution is 14.1. The highest BCUT2D eigenvalue weighted by Gasteiger charge is 2.06. The number of hydrogen-bond acceptors (Lipinski definition) is 3. The maximum absolute atomic E-state index is 12.1. The summed E-state index contributed by atoms with van der Waals surface area (Å²) in [5, 5.41) is 2.85. The van der Waals surface area contributed by atoms with Crippen molar-refractivity contribution in [3.63, 3.8) is 0 Å². The Kier molecular flexibility index (Phi) is 6.01. The first-order valence-electron chi connectivity index (χ1n) is 6.48. The topological polar surface area (TPSA) is 47.6 Å². The van der Waals surface area contributed by atoms with E-state index >= 15 is 0 Å². The number of hydrogen-bond donors (Lipinski definition) is 1. The molecule has 5 heteroatoms. The second-order valence-electron chi connectivity index (χ2n) is 4.33. The van der Waals surface area contributed by atoms with Gasteiger partial charge in [0.05, 0.1) is 6.61 Å². The van der Waals surface area contributed by atoms with E-state index in [9.17, 15) is 4.79 Å². The maximum atomic E-state index is 12.1. The van der Waals surface area contributed by atoms with Gasteiger partial charge < -0.3 is 14.8 Å². The monoisotopic (exact) mass is 397 g/mol. The molecule has 2 rings (SSSR count). The number of carbonyl (C=O) groups excluding carboxylic acids is 1. The van der Waals surface area contributed by atoms with E-state index in [-0.39, 0.29) is 5.91 Å². The third-order valence-electron chi connectivity index (χ3n) is 2.77. The molecule has 0 aliphatic carbocycles. The first-order valence-corrected chi connectivity index (χ1v) is 7.55. The van der Waals surface area contributed by atoms with Crippen molar-refractivity contribution in [2.24, 2.45) is 0 Å². The fourth-order valence-corrected chi connectivity index (χ4v) is 2.04. The van der Waals surface area contributed by atoms with E-state index in [4.69, 9.17) is 9.47 Å². The predicted octanol–water partition coefficient (Wildman–Crippen LogP) is 3.57. The molecule has 0 unspecified atom stereocenters. The molecule has 0 aliphatic rings. The van der Waals surface area contributed by atoms with Crippen LogP contribution in [-0.4, -0.2) is 26.2 Å². The zero-order chi connectivity index (χ0) is 15.1. The van der Waals surface area contributed by atoms with Gasteiger partial charge in [0.2, 0.25) is 0 Å². The van der Waals surface area contributed by atoms with Crippen LogP contribution >= 0.6 is 22.6 Å². The van der Waals surface area contributed by atoms with Crippen LogP contribution in [0.5, 0.6) is 5.75 Å². The van der Waals surface area contributed by atoms with Gasteiger partial charge in [0.15, 0.2) is 0 Å². The molecular weight excluding hydrogens is 381 g/mol.